The van der Waals surface area contributed by atoms with E-state index in [-0.39, 0.29) is 33.0 Å². The second kappa shape index (κ2) is 4.43. The number of carbonyl (C=O) groups excluding carboxylic acids is 1. The Kier molecular flexibility index (Phi) is 4.26. The molecule has 0 spiro atoms. The third-order valence-corrected chi connectivity index (χ3v) is 1.03. The molecule has 1 rings (SSSR count). The maximum absolute atomic E-state index is 10.0. The first kappa shape index (κ1) is 9.61. The molecule has 1 N–H and O–H groups in total. The molecule has 0 heterocycles. The summed E-state index contributed by atoms with van der Waals surface area (Å²) < 4.78 is 0. The molecule has 1 aromatic rings. The molecular formula is C7H8O2Pb. The van der Waals surface area contributed by atoms with Crippen molar-refractivity contribution in [3.63, 3.8) is 0 Å². The van der Waals surface area contributed by atoms with E-state index in [0.717, 1.165) is 6.29 Å². The van der Waals surface area contributed by atoms with E-state index in [0.29, 0.717) is 5.56 Å². The van der Waals surface area contributed by atoms with Crippen LogP contribution in [0.25, 0.3) is 0 Å². The van der Waals surface area contributed by atoms with Crippen LogP contribution >= 0.6 is 0 Å². The Balaban J connectivity index is 0.000000810. The van der Waals surface area contributed by atoms with Crippen molar-refractivity contribution >= 4 is 33.6 Å². The van der Waals surface area contributed by atoms with Crippen LogP contribution in [0.4, 0.5) is 0 Å². The fraction of sp³-hybridized carbons (Fsp3) is 0. The quantitative estimate of drug-likeness (QED) is 0.593. The molecule has 3 heteroatoms. The van der Waals surface area contributed by atoms with E-state index >= 15 is 0 Å². The number of carbonyl (C=O) groups is 1. The predicted molar refractivity (Wildman–Crippen MR) is 42.0 cm³/mol. The van der Waals surface area contributed by atoms with Gasteiger partial charge in [-0.2, -0.15) is 0 Å². The molecule has 2 radical (unpaired) electrons. The Morgan fingerprint density at radius 3 is 2.10 bits per heavy atom. The van der Waals surface area contributed by atoms with Crippen LogP contribution in [0.2, 0.25) is 0 Å². The van der Waals surface area contributed by atoms with Gasteiger partial charge in [0.25, 0.3) is 0 Å². The van der Waals surface area contributed by atoms with Gasteiger partial charge >= 0.3 is 27.3 Å². The first-order valence-electron chi connectivity index (χ1n) is 2.57. The predicted octanol–water partition coefficient (Wildman–Crippen LogP) is 0.289. The molecule has 0 aliphatic rings. The number of rotatable bonds is 1. The monoisotopic (exact) mass is 332 g/mol. The van der Waals surface area contributed by atoms with Gasteiger partial charge in [0.2, 0.25) is 0 Å². The molecule has 0 unspecified atom stereocenters. The van der Waals surface area contributed by atoms with E-state index in [9.17, 15) is 4.79 Å². The van der Waals surface area contributed by atoms with Crippen LogP contribution in [-0.4, -0.2) is 38.7 Å². The topological polar surface area (TPSA) is 37.3 Å². The van der Waals surface area contributed by atoms with Crippen LogP contribution < -0.4 is 0 Å². The Hall–Kier alpha value is -0.388. The van der Waals surface area contributed by atoms with Gasteiger partial charge in [-0.1, -0.05) is 0 Å². The Morgan fingerprint density at radius 2 is 1.70 bits per heavy atom. The third-order valence-electron chi connectivity index (χ3n) is 1.03. The number of aromatic hydroxyl groups is 1. The molecule has 0 aromatic heterocycles. The second-order valence-electron chi connectivity index (χ2n) is 1.71. The first-order chi connectivity index (χ1) is 4.33. The molecule has 0 aliphatic carbocycles. The number of hydrogen-bond donors (Lipinski definition) is 1. The summed E-state index contributed by atoms with van der Waals surface area (Å²) in [4.78, 5) is 10.0. The average molecular weight is 331 g/mol. The van der Waals surface area contributed by atoms with Gasteiger partial charge in [-0.15, -0.1) is 0 Å². The number of phenolic OH excluding ortho intramolecular Hbond substituents is 1. The standard InChI is InChI=1S/C7H6O2.Pb.2H/c8-5-6-1-3-7(9)4-2-6;;;/h1-5,9H;;;. The summed E-state index contributed by atoms with van der Waals surface area (Å²) in [6, 6.07) is 6.07. The van der Waals surface area contributed by atoms with Crippen molar-refractivity contribution in [1.82, 2.24) is 0 Å². The molecule has 10 heavy (non-hydrogen) atoms. The fourth-order valence-electron chi connectivity index (χ4n) is 0.553. The molecule has 0 saturated heterocycles. The van der Waals surface area contributed by atoms with Gasteiger partial charge in [-0.05, 0) is 24.3 Å². The number of aldehydes is 1. The Bertz CT molecular complexity index is 205. The summed E-state index contributed by atoms with van der Waals surface area (Å²) >= 11 is 0. The first-order valence-corrected chi connectivity index (χ1v) is 2.57. The van der Waals surface area contributed by atoms with Crippen molar-refractivity contribution in [2.45, 2.75) is 0 Å². The summed E-state index contributed by atoms with van der Waals surface area (Å²) in [7, 11) is 0. The van der Waals surface area contributed by atoms with Crippen LogP contribution in [0.3, 0.4) is 0 Å². The average Bonchev–Trinajstić information content (AvgIpc) is 1.90. The van der Waals surface area contributed by atoms with E-state index in [4.69, 9.17) is 5.11 Å². The van der Waals surface area contributed by atoms with Gasteiger partial charge in [-0.3, -0.25) is 4.79 Å². The summed E-state index contributed by atoms with van der Waals surface area (Å²) in [6.07, 6.45) is 0.736. The van der Waals surface area contributed by atoms with Crippen LogP contribution in [0.5, 0.6) is 5.75 Å². The summed E-state index contributed by atoms with van der Waals surface area (Å²) in [5, 5.41) is 8.74. The summed E-state index contributed by atoms with van der Waals surface area (Å²) in [5.74, 6) is 0.181. The minimum atomic E-state index is 0. The zero-order chi connectivity index (χ0) is 6.69. The van der Waals surface area contributed by atoms with Gasteiger partial charge in [0.1, 0.15) is 12.0 Å². The van der Waals surface area contributed by atoms with Gasteiger partial charge in [0.15, 0.2) is 0 Å². The molecule has 0 saturated carbocycles. The van der Waals surface area contributed by atoms with Crippen LogP contribution in [0, 0.1) is 0 Å². The number of hydrogen-bond acceptors (Lipinski definition) is 2. The van der Waals surface area contributed by atoms with Crippen molar-refractivity contribution in [2.75, 3.05) is 0 Å². The normalized spacial score (nSPS) is 8.00. The van der Waals surface area contributed by atoms with Crippen molar-refractivity contribution in [1.29, 1.82) is 0 Å². The van der Waals surface area contributed by atoms with E-state index < -0.39 is 0 Å². The third kappa shape index (κ3) is 2.47. The summed E-state index contributed by atoms with van der Waals surface area (Å²) in [6.45, 7) is 0. The van der Waals surface area contributed by atoms with Gasteiger partial charge in [0.05, 0.1) is 0 Å². The zero-order valence-corrected chi connectivity index (χ0v) is 10.9. The van der Waals surface area contributed by atoms with Crippen LogP contribution in [0.15, 0.2) is 24.3 Å². The molecule has 0 atom stereocenters. The van der Waals surface area contributed by atoms with E-state index in [1.165, 1.54) is 12.1 Å². The Morgan fingerprint density at radius 1 is 1.20 bits per heavy atom. The molecule has 0 fully saturated rings. The zero-order valence-electron chi connectivity index (χ0n) is 5.45. The molecule has 0 amide bonds. The van der Waals surface area contributed by atoms with Crippen molar-refractivity contribution in [3.8, 4) is 5.75 Å². The maximum atomic E-state index is 10.0. The van der Waals surface area contributed by atoms with Crippen molar-refractivity contribution in [2.24, 2.45) is 0 Å². The molecule has 52 valence electrons. The van der Waals surface area contributed by atoms with Gasteiger partial charge < -0.3 is 5.11 Å². The molecular weight excluding hydrogens is 323 g/mol. The summed E-state index contributed by atoms with van der Waals surface area (Å²) in [5.41, 5.74) is 0.577. The van der Waals surface area contributed by atoms with Crippen molar-refractivity contribution in [3.05, 3.63) is 29.8 Å². The molecule has 0 bridgehead atoms. The molecule has 1 aromatic carbocycles. The Labute approximate surface area is 79.0 Å². The fourth-order valence-corrected chi connectivity index (χ4v) is 0.553. The van der Waals surface area contributed by atoms with Gasteiger partial charge in [-0.25, -0.2) is 0 Å². The molecule has 0 aliphatic heterocycles. The van der Waals surface area contributed by atoms with E-state index in [1.54, 1.807) is 12.1 Å². The minimum absolute atomic E-state index is 0. The second-order valence-corrected chi connectivity index (χ2v) is 1.71. The van der Waals surface area contributed by atoms with Crippen LogP contribution in [0.1, 0.15) is 10.4 Å². The van der Waals surface area contributed by atoms with Gasteiger partial charge in [0, 0.05) is 5.56 Å². The van der Waals surface area contributed by atoms with E-state index in [1.807, 2.05) is 0 Å². The molecule has 2 nitrogen and oxygen atoms in total. The SMILES string of the molecule is O=Cc1ccc(O)cc1.[PbH2]. The number of benzene rings is 1. The van der Waals surface area contributed by atoms with Crippen LogP contribution in [-0.2, 0) is 0 Å². The number of phenols is 1. The van der Waals surface area contributed by atoms with Crippen molar-refractivity contribution < 1.29 is 9.90 Å². The van der Waals surface area contributed by atoms with E-state index in [2.05, 4.69) is 0 Å².